The molecule has 0 bridgehead atoms. The molecule has 2 aromatic heterocycles. The maximum atomic E-state index is 12.9. The highest BCUT2D eigenvalue weighted by molar-refractivity contribution is 5.98. The predicted octanol–water partition coefficient (Wildman–Crippen LogP) is 4.22. The van der Waals surface area contributed by atoms with Crippen LogP contribution >= 0.6 is 0 Å². The average molecular weight is 360 g/mol. The van der Waals surface area contributed by atoms with Gasteiger partial charge in [0.1, 0.15) is 11.7 Å². The second-order valence-corrected chi connectivity index (χ2v) is 6.66. The molecule has 0 radical (unpaired) electrons. The van der Waals surface area contributed by atoms with Crippen molar-refractivity contribution in [3.8, 4) is 6.07 Å². The van der Waals surface area contributed by atoms with E-state index in [0.717, 1.165) is 42.5 Å². The molecule has 0 atom stereocenters. The first-order valence-electron chi connectivity index (χ1n) is 9.40. The fourth-order valence-corrected chi connectivity index (χ4v) is 3.32. The van der Waals surface area contributed by atoms with Crippen LogP contribution in [0.2, 0.25) is 0 Å². The number of rotatable bonds is 7. The zero-order chi connectivity index (χ0) is 19.2. The minimum atomic E-state index is -0.0206. The summed E-state index contributed by atoms with van der Waals surface area (Å²) < 4.78 is 1.97. The van der Waals surface area contributed by atoms with Gasteiger partial charge in [0.05, 0.1) is 11.1 Å². The van der Waals surface area contributed by atoms with E-state index in [0.29, 0.717) is 17.7 Å². The summed E-state index contributed by atoms with van der Waals surface area (Å²) in [5.74, 6) is -0.0206. The summed E-state index contributed by atoms with van der Waals surface area (Å²) in [4.78, 5) is 19.3. The monoisotopic (exact) mass is 360 g/mol. The summed E-state index contributed by atoms with van der Waals surface area (Å²) in [6, 6.07) is 14.1. The number of carbonyl (C=O) groups excluding carboxylic acids is 1. The molecule has 0 aliphatic carbocycles. The number of fused-ring (bicyclic) bond motifs is 1. The number of hydrogen-bond acceptors (Lipinski definition) is 3. The minimum absolute atomic E-state index is 0.0206. The SMILES string of the molecule is CCCN(CCC)C(=O)c1cnc2c(c1)c(C#N)cn2Cc1ccccc1. The van der Waals surface area contributed by atoms with Crippen molar-refractivity contribution in [1.82, 2.24) is 14.5 Å². The third-order valence-electron chi connectivity index (χ3n) is 4.55. The van der Waals surface area contributed by atoms with Crippen LogP contribution in [-0.2, 0) is 6.54 Å². The van der Waals surface area contributed by atoms with Crippen LogP contribution in [0.3, 0.4) is 0 Å². The maximum Gasteiger partial charge on any atom is 0.255 e. The minimum Gasteiger partial charge on any atom is -0.339 e. The Bertz CT molecular complexity index is 963. The number of benzene rings is 1. The zero-order valence-corrected chi connectivity index (χ0v) is 15.9. The van der Waals surface area contributed by atoms with Gasteiger partial charge in [-0.3, -0.25) is 4.79 Å². The van der Waals surface area contributed by atoms with E-state index in [-0.39, 0.29) is 5.91 Å². The average Bonchev–Trinajstić information content (AvgIpc) is 3.05. The summed E-state index contributed by atoms with van der Waals surface area (Å²) in [5.41, 5.74) is 2.95. The Hall–Kier alpha value is -3.13. The summed E-state index contributed by atoms with van der Waals surface area (Å²) in [5, 5.41) is 10.3. The quantitative estimate of drug-likeness (QED) is 0.634. The first kappa shape index (κ1) is 18.7. The molecule has 0 unspecified atom stereocenters. The van der Waals surface area contributed by atoms with Gasteiger partial charge in [0, 0.05) is 37.4 Å². The van der Waals surface area contributed by atoms with E-state index in [1.54, 1.807) is 6.20 Å². The van der Waals surface area contributed by atoms with Crippen LogP contribution in [0.1, 0.15) is 48.2 Å². The van der Waals surface area contributed by atoms with E-state index in [1.165, 1.54) is 0 Å². The Morgan fingerprint density at radius 3 is 2.52 bits per heavy atom. The Morgan fingerprint density at radius 1 is 1.19 bits per heavy atom. The predicted molar refractivity (Wildman–Crippen MR) is 106 cm³/mol. The first-order valence-corrected chi connectivity index (χ1v) is 9.40. The second kappa shape index (κ2) is 8.50. The number of hydrogen-bond donors (Lipinski definition) is 0. The lowest BCUT2D eigenvalue weighted by Crippen LogP contribution is -2.32. The van der Waals surface area contributed by atoms with Crippen molar-refractivity contribution in [2.75, 3.05) is 13.1 Å². The molecule has 27 heavy (non-hydrogen) atoms. The van der Waals surface area contributed by atoms with E-state index in [4.69, 9.17) is 0 Å². The van der Waals surface area contributed by atoms with Crippen molar-refractivity contribution in [2.45, 2.75) is 33.2 Å². The van der Waals surface area contributed by atoms with Gasteiger partial charge in [-0.15, -0.1) is 0 Å². The maximum absolute atomic E-state index is 12.9. The van der Waals surface area contributed by atoms with Gasteiger partial charge in [0.2, 0.25) is 0 Å². The van der Waals surface area contributed by atoms with Crippen LogP contribution in [0.25, 0.3) is 11.0 Å². The molecule has 3 rings (SSSR count). The Balaban J connectivity index is 1.98. The summed E-state index contributed by atoms with van der Waals surface area (Å²) in [7, 11) is 0. The molecule has 138 valence electrons. The van der Waals surface area contributed by atoms with Gasteiger partial charge in [-0.2, -0.15) is 5.26 Å². The van der Waals surface area contributed by atoms with Crippen molar-refractivity contribution >= 4 is 16.9 Å². The molecule has 3 aromatic rings. The summed E-state index contributed by atoms with van der Waals surface area (Å²) >= 11 is 0. The van der Waals surface area contributed by atoms with Gasteiger partial charge >= 0.3 is 0 Å². The number of pyridine rings is 1. The Labute approximate surface area is 159 Å². The number of aromatic nitrogens is 2. The summed E-state index contributed by atoms with van der Waals surface area (Å²) in [6.07, 6.45) is 5.27. The molecule has 0 spiro atoms. The lowest BCUT2D eigenvalue weighted by Gasteiger charge is -2.21. The van der Waals surface area contributed by atoms with E-state index >= 15 is 0 Å². The van der Waals surface area contributed by atoms with Crippen molar-refractivity contribution in [1.29, 1.82) is 5.26 Å². The molecule has 5 nitrogen and oxygen atoms in total. The van der Waals surface area contributed by atoms with E-state index in [2.05, 4.69) is 24.9 Å². The van der Waals surface area contributed by atoms with Gasteiger partial charge in [0.15, 0.2) is 0 Å². The normalized spacial score (nSPS) is 10.7. The Kier molecular flexibility index (Phi) is 5.87. The lowest BCUT2D eigenvalue weighted by molar-refractivity contribution is 0.0755. The molecule has 0 saturated carbocycles. The van der Waals surface area contributed by atoms with Gasteiger partial charge in [-0.05, 0) is 24.5 Å². The molecule has 2 heterocycles. The van der Waals surface area contributed by atoms with Crippen LogP contribution in [-0.4, -0.2) is 33.4 Å². The van der Waals surface area contributed by atoms with Crippen LogP contribution in [0, 0.1) is 11.3 Å². The molecule has 5 heteroatoms. The number of carbonyl (C=O) groups is 1. The highest BCUT2D eigenvalue weighted by Gasteiger charge is 2.18. The third-order valence-corrected chi connectivity index (χ3v) is 4.55. The number of amides is 1. The molecule has 1 amide bonds. The first-order chi connectivity index (χ1) is 13.2. The van der Waals surface area contributed by atoms with Crippen molar-refractivity contribution < 1.29 is 4.79 Å². The topological polar surface area (TPSA) is 61.9 Å². The van der Waals surface area contributed by atoms with Gasteiger partial charge < -0.3 is 9.47 Å². The Morgan fingerprint density at radius 2 is 1.89 bits per heavy atom. The molecule has 0 N–H and O–H groups in total. The smallest absolute Gasteiger partial charge is 0.255 e. The molecule has 0 saturated heterocycles. The van der Waals surface area contributed by atoms with E-state index < -0.39 is 0 Å². The molecular formula is C22H24N4O. The molecule has 0 fully saturated rings. The van der Waals surface area contributed by atoms with Crippen LogP contribution < -0.4 is 0 Å². The van der Waals surface area contributed by atoms with Gasteiger partial charge in [-0.1, -0.05) is 44.2 Å². The van der Waals surface area contributed by atoms with Crippen molar-refractivity contribution in [2.24, 2.45) is 0 Å². The van der Waals surface area contributed by atoms with E-state index in [9.17, 15) is 10.1 Å². The third kappa shape index (κ3) is 4.01. The van der Waals surface area contributed by atoms with Crippen molar-refractivity contribution in [3.05, 3.63) is 65.5 Å². The van der Waals surface area contributed by atoms with Gasteiger partial charge in [-0.25, -0.2) is 4.98 Å². The lowest BCUT2D eigenvalue weighted by atomic mass is 10.1. The molecular weight excluding hydrogens is 336 g/mol. The van der Waals surface area contributed by atoms with Gasteiger partial charge in [0.25, 0.3) is 5.91 Å². The highest BCUT2D eigenvalue weighted by Crippen LogP contribution is 2.22. The standard InChI is InChI=1S/C22H24N4O/c1-3-10-25(11-4-2)22(27)18-12-20-19(13-23)16-26(21(20)24-14-18)15-17-8-6-5-7-9-17/h5-9,12,14,16H,3-4,10-11,15H2,1-2H3. The van der Waals surface area contributed by atoms with Crippen molar-refractivity contribution in [3.63, 3.8) is 0 Å². The van der Waals surface area contributed by atoms with Crippen LogP contribution in [0.15, 0.2) is 48.8 Å². The van der Waals surface area contributed by atoms with Crippen LogP contribution in [0.4, 0.5) is 0 Å². The van der Waals surface area contributed by atoms with E-state index in [1.807, 2.05) is 52.1 Å². The highest BCUT2D eigenvalue weighted by atomic mass is 16.2. The second-order valence-electron chi connectivity index (χ2n) is 6.66. The fraction of sp³-hybridized carbons (Fsp3) is 0.318. The van der Waals surface area contributed by atoms with Crippen LogP contribution in [0.5, 0.6) is 0 Å². The molecule has 0 aliphatic heterocycles. The number of nitriles is 1. The number of nitrogens with zero attached hydrogens (tertiary/aromatic N) is 4. The molecule has 0 aliphatic rings. The largest absolute Gasteiger partial charge is 0.339 e. The molecule has 1 aromatic carbocycles. The zero-order valence-electron chi connectivity index (χ0n) is 15.9. The summed E-state index contributed by atoms with van der Waals surface area (Å²) in [6.45, 7) is 6.22. The fourth-order valence-electron chi connectivity index (χ4n) is 3.32.